The number of nitrogens with zero attached hydrogens (tertiary/aromatic N) is 6. The summed E-state index contributed by atoms with van der Waals surface area (Å²) in [6.45, 7) is 3.90. The lowest BCUT2D eigenvalue weighted by Gasteiger charge is -2.31. The van der Waals surface area contributed by atoms with Crippen LogP contribution in [0.4, 0.5) is 0 Å². The molecule has 28 heavy (non-hydrogen) atoms. The number of pyridine rings is 1. The SMILES string of the molecule is CCN(Cc1ccccc1)C(c1ccccn1)c1nnnn1C1CCCCC1. The van der Waals surface area contributed by atoms with Crippen molar-refractivity contribution in [3.63, 3.8) is 0 Å². The average molecular weight is 377 g/mol. The Morgan fingerprint density at radius 1 is 1.04 bits per heavy atom. The van der Waals surface area contributed by atoms with Crippen LogP contribution in [-0.2, 0) is 6.54 Å². The minimum atomic E-state index is -0.0664. The second-order valence-electron chi connectivity index (χ2n) is 7.48. The molecule has 1 unspecified atom stereocenters. The van der Waals surface area contributed by atoms with Crippen molar-refractivity contribution in [3.8, 4) is 0 Å². The van der Waals surface area contributed by atoms with Crippen LogP contribution in [0.5, 0.6) is 0 Å². The van der Waals surface area contributed by atoms with E-state index in [0.717, 1.165) is 37.4 Å². The van der Waals surface area contributed by atoms with Crippen LogP contribution in [0.3, 0.4) is 0 Å². The van der Waals surface area contributed by atoms with Gasteiger partial charge in [-0.3, -0.25) is 9.88 Å². The third-order valence-electron chi connectivity index (χ3n) is 5.65. The van der Waals surface area contributed by atoms with Gasteiger partial charge in [-0.2, -0.15) is 0 Å². The maximum Gasteiger partial charge on any atom is 0.174 e. The fourth-order valence-electron chi connectivity index (χ4n) is 4.19. The molecule has 146 valence electrons. The van der Waals surface area contributed by atoms with Crippen molar-refractivity contribution in [3.05, 3.63) is 71.8 Å². The van der Waals surface area contributed by atoms with Crippen LogP contribution in [0, 0.1) is 0 Å². The van der Waals surface area contributed by atoms with Crippen molar-refractivity contribution in [2.24, 2.45) is 0 Å². The molecule has 0 saturated heterocycles. The molecule has 1 fully saturated rings. The van der Waals surface area contributed by atoms with Crippen molar-refractivity contribution in [2.75, 3.05) is 6.54 Å². The summed E-state index contributed by atoms with van der Waals surface area (Å²) in [4.78, 5) is 7.09. The van der Waals surface area contributed by atoms with Gasteiger partial charge in [0.05, 0.1) is 11.7 Å². The zero-order chi connectivity index (χ0) is 19.2. The molecule has 0 bridgehead atoms. The first-order valence-electron chi connectivity index (χ1n) is 10.3. The summed E-state index contributed by atoms with van der Waals surface area (Å²) < 4.78 is 2.08. The minimum Gasteiger partial charge on any atom is -0.284 e. The molecule has 0 aliphatic heterocycles. The molecule has 0 amide bonds. The summed E-state index contributed by atoms with van der Waals surface area (Å²) in [5.41, 5.74) is 2.27. The lowest BCUT2D eigenvalue weighted by molar-refractivity contribution is 0.202. The summed E-state index contributed by atoms with van der Waals surface area (Å²) in [5, 5.41) is 13.0. The Bertz CT molecular complexity index is 842. The van der Waals surface area contributed by atoms with Crippen LogP contribution in [0.1, 0.15) is 68.2 Å². The molecule has 6 nitrogen and oxygen atoms in total. The molecular weight excluding hydrogens is 348 g/mol. The van der Waals surface area contributed by atoms with Crippen LogP contribution >= 0.6 is 0 Å². The minimum absolute atomic E-state index is 0.0664. The zero-order valence-corrected chi connectivity index (χ0v) is 16.5. The van der Waals surface area contributed by atoms with Crippen LogP contribution in [0.15, 0.2) is 54.7 Å². The van der Waals surface area contributed by atoms with Crippen LogP contribution in [-0.4, -0.2) is 36.6 Å². The molecule has 2 heterocycles. The van der Waals surface area contributed by atoms with E-state index in [1.54, 1.807) is 0 Å². The van der Waals surface area contributed by atoms with E-state index in [2.05, 4.69) is 73.4 Å². The molecule has 1 aliphatic rings. The molecular formula is C22H28N6. The quantitative estimate of drug-likeness (QED) is 0.619. The van der Waals surface area contributed by atoms with E-state index >= 15 is 0 Å². The molecule has 0 radical (unpaired) electrons. The van der Waals surface area contributed by atoms with Gasteiger partial charge in [0.25, 0.3) is 0 Å². The lowest BCUT2D eigenvalue weighted by Crippen LogP contribution is -2.33. The Morgan fingerprint density at radius 3 is 2.54 bits per heavy atom. The van der Waals surface area contributed by atoms with Crippen LogP contribution < -0.4 is 0 Å². The molecule has 1 saturated carbocycles. The Hall–Kier alpha value is -2.60. The fraction of sp³-hybridized carbons (Fsp3) is 0.455. The zero-order valence-electron chi connectivity index (χ0n) is 16.5. The Balaban J connectivity index is 1.71. The Kier molecular flexibility index (Phi) is 6.07. The van der Waals surface area contributed by atoms with E-state index in [4.69, 9.17) is 0 Å². The van der Waals surface area contributed by atoms with Gasteiger partial charge in [-0.05, 0) is 47.5 Å². The van der Waals surface area contributed by atoms with Crippen molar-refractivity contribution < 1.29 is 0 Å². The van der Waals surface area contributed by atoms with Gasteiger partial charge < -0.3 is 0 Å². The van der Waals surface area contributed by atoms with E-state index < -0.39 is 0 Å². The van der Waals surface area contributed by atoms with Crippen LogP contribution in [0.25, 0.3) is 0 Å². The second kappa shape index (κ2) is 9.06. The van der Waals surface area contributed by atoms with E-state index in [0.29, 0.717) is 6.04 Å². The van der Waals surface area contributed by atoms with E-state index in [-0.39, 0.29) is 6.04 Å². The first kappa shape index (κ1) is 18.7. The highest BCUT2D eigenvalue weighted by molar-refractivity contribution is 5.20. The highest BCUT2D eigenvalue weighted by Crippen LogP contribution is 2.33. The number of rotatable bonds is 7. The topological polar surface area (TPSA) is 59.7 Å². The van der Waals surface area contributed by atoms with Gasteiger partial charge in [-0.1, -0.05) is 62.6 Å². The van der Waals surface area contributed by atoms with Crippen molar-refractivity contribution in [1.82, 2.24) is 30.1 Å². The normalized spacial score (nSPS) is 16.4. The highest BCUT2D eigenvalue weighted by Gasteiger charge is 2.31. The second-order valence-corrected chi connectivity index (χ2v) is 7.48. The monoisotopic (exact) mass is 376 g/mol. The molecule has 6 heteroatoms. The van der Waals surface area contributed by atoms with Crippen molar-refractivity contribution in [2.45, 2.75) is 57.7 Å². The first-order chi connectivity index (χ1) is 13.9. The van der Waals surface area contributed by atoms with Gasteiger partial charge in [0.15, 0.2) is 5.82 Å². The number of hydrogen-bond donors (Lipinski definition) is 0. The van der Waals surface area contributed by atoms with E-state index in [9.17, 15) is 0 Å². The predicted octanol–water partition coefficient (Wildman–Crippen LogP) is 4.18. The summed E-state index contributed by atoms with van der Waals surface area (Å²) in [6.07, 6.45) is 7.97. The van der Waals surface area contributed by atoms with Crippen molar-refractivity contribution >= 4 is 0 Å². The van der Waals surface area contributed by atoms with Gasteiger partial charge in [-0.15, -0.1) is 5.10 Å². The molecule has 3 aromatic rings. The number of aromatic nitrogens is 5. The maximum atomic E-state index is 4.68. The third kappa shape index (κ3) is 4.12. The smallest absolute Gasteiger partial charge is 0.174 e. The van der Waals surface area contributed by atoms with Gasteiger partial charge in [0.1, 0.15) is 6.04 Å². The first-order valence-corrected chi connectivity index (χ1v) is 10.3. The average Bonchev–Trinajstić information content (AvgIpc) is 3.25. The van der Waals surface area contributed by atoms with Gasteiger partial charge >= 0.3 is 0 Å². The standard InChI is InChI=1S/C22H28N6/c1-2-27(17-18-11-5-3-6-12-18)21(20-15-9-10-16-23-20)22-24-25-26-28(22)19-13-7-4-8-14-19/h3,5-6,9-12,15-16,19,21H,2,4,7-8,13-14,17H2,1H3. The molecule has 1 aromatic carbocycles. The van der Waals surface area contributed by atoms with Gasteiger partial charge in [-0.25, -0.2) is 4.68 Å². The molecule has 0 N–H and O–H groups in total. The lowest BCUT2D eigenvalue weighted by atomic mass is 9.95. The summed E-state index contributed by atoms with van der Waals surface area (Å²) in [7, 11) is 0. The number of benzene rings is 1. The maximum absolute atomic E-state index is 4.68. The van der Waals surface area contributed by atoms with Gasteiger partial charge in [0, 0.05) is 12.7 Å². The van der Waals surface area contributed by atoms with Crippen LogP contribution in [0.2, 0.25) is 0 Å². The van der Waals surface area contributed by atoms with E-state index in [1.165, 1.54) is 24.8 Å². The Morgan fingerprint density at radius 2 is 1.82 bits per heavy atom. The summed E-state index contributed by atoms with van der Waals surface area (Å²) in [6, 6.07) is 17.0. The summed E-state index contributed by atoms with van der Waals surface area (Å²) >= 11 is 0. The number of hydrogen-bond acceptors (Lipinski definition) is 5. The van der Waals surface area contributed by atoms with Crippen molar-refractivity contribution in [1.29, 1.82) is 0 Å². The van der Waals surface area contributed by atoms with E-state index in [1.807, 2.05) is 18.3 Å². The Labute approximate surface area is 166 Å². The molecule has 1 atom stereocenters. The highest BCUT2D eigenvalue weighted by atomic mass is 15.6. The summed E-state index contributed by atoms with van der Waals surface area (Å²) in [5.74, 6) is 0.906. The van der Waals surface area contributed by atoms with Gasteiger partial charge in [0.2, 0.25) is 0 Å². The molecule has 2 aromatic heterocycles. The molecule has 4 rings (SSSR count). The fourth-order valence-corrected chi connectivity index (χ4v) is 4.19. The molecule has 1 aliphatic carbocycles. The number of tetrazole rings is 1. The third-order valence-corrected chi connectivity index (χ3v) is 5.65. The largest absolute Gasteiger partial charge is 0.284 e. The molecule has 0 spiro atoms. The predicted molar refractivity (Wildman–Crippen MR) is 109 cm³/mol.